The minimum atomic E-state index is 0.292. The van der Waals surface area contributed by atoms with Crippen LogP contribution in [0, 0.1) is 0 Å². The van der Waals surface area contributed by atoms with Gasteiger partial charge in [0.15, 0.2) is 0 Å². The van der Waals surface area contributed by atoms with Gasteiger partial charge in [0, 0.05) is 41.7 Å². The van der Waals surface area contributed by atoms with Gasteiger partial charge in [-0.2, -0.15) is 0 Å². The molecule has 1 heterocycles. The number of hydrogen-bond donors (Lipinski definition) is 1. The average Bonchev–Trinajstić information content (AvgIpc) is 3.06. The van der Waals surface area contributed by atoms with Crippen LogP contribution >= 0.6 is 23.2 Å². The monoisotopic (exact) mass is 406 g/mol. The van der Waals surface area contributed by atoms with Crippen LogP contribution in [0.15, 0.2) is 42.5 Å². The van der Waals surface area contributed by atoms with Gasteiger partial charge in [0.05, 0.1) is 0 Å². The Morgan fingerprint density at radius 1 is 1.15 bits per heavy atom. The lowest BCUT2D eigenvalue weighted by molar-refractivity contribution is -0.127. The first-order chi connectivity index (χ1) is 13.1. The van der Waals surface area contributed by atoms with Gasteiger partial charge < -0.3 is 15.0 Å². The standard InChI is InChI=1S/C21H24Cl2N2O2/c22-18-8-7-17(20(23)13-18)15-27-19-5-1-4-16(12-19)14-24-9-3-11-25-10-2-6-21(25)26/h1,4-5,7-8,12-13,24H,2-3,6,9-11,14-15H2. The van der Waals surface area contributed by atoms with Gasteiger partial charge in [0.25, 0.3) is 0 Å². The van der Waals surface area contributed by atoms with Gasteiger partial charge in [0.1, 0.15) is 12.4 Å². The number of hydrogen-bond acceptors (Lipinski definition) is 3. The van der Waals surface area contributed by atoms with E-state index in [0.717, 1.165) is 55.9 Å². The Morgan fingerprint density at radius 2 is 2.04 bits per heavy atom. The van der Waals surface area contributed by atoms with Crippen molar-refractivity contribution in [1.29, 1.82) is 0 Å². The van der Waals surface area contributed by atoms with E-state index in [9.17, 15) is 4.79 Å². The highest BCUT2D eigenvalue weighted by Gasteiger charge is 2.18. The molecule has 1 N–H and O–H groups in total. The zero-order valence-electron chi connectivity index (χ0n) is 15.2. The summed E-state index contributed by atoms with van der Waals surface area (Å²) in [4.78, 5) is 13.5. The molecule has 1 fully saturated rings. The van der Waals surface area contributed by atoms with Crippen LogP contribution < -0.4 is 10.1 Å². The number of nitrogens with one attached hydrogen (secondary N) is 1. The Balaban J connectivity index is 1.41. The summed E-state index contributed by atoms with van der Waals surface area (Å²) in [6.45, 7) is 3.81. The number of halogens is 2. The number of benzene rings is 2. The molecule has 0 radical (unpaired) electrons. The SMILES string of the molecule is O=C1CCCN1CCCNCc1cccc(OCc2ccc(Cl)cc2Cl)c1. The first-order valence-corrected chi connectivity index (χ1v) is 10.0. The van der Waals surface area contributed by atoms with Crippen LogP contribution in [-0.4, -0.2) is 30.4 Å². The van der Waals surface area contributed by atoms with Crippen molar-refractivity contribution < 1.29 is 9.53 Å². The van der Waals surface area contributed by atoms with Crippen molar-refractivity contribution in [2.75, 3.05) is 19.6 Å². The Bertz CT molecular complexity index is 783. The Morgan fingerprint density at radius 3 is 2.81 bits per heavy atom. The molecule has 0 aromatic heterocycles. The van der Waals surface area contributed by atoms with E-state index in [2.05, 4.69) is 11.4 Å². The molecule has 0 aliphatic carbocycles. The topological polar surface area (TPSA) is 41.6 Å². The maximum atomic E-state index is 11.6. The molecule has 1 aliphatic heterocycles. The fourth-order valence-corrected chi connectivity index (χ4v) is 3.58. The first-order valence-electron chi connectivity index (χ1n) is 9.26. The summed E-state index contributed by atoms with van der Waals surface area (Å²) in [5, 5.41) is 4.65. The van der Waals surface area contributed by atoms with Gasteiger partial charge in [-0.3, -0.25) is 4.79 Å². The van der Waals surface area contributed by atoms with Crippen LogP contribution in [0.1, 0.15) is 30.4 Å². The average molecular weight is 407 g/mol. The third-order valence-electron chi connectivity index (χ3n) is 4.59. The molecule has 0 atom stereocenters. The predicted molar refractivity (Wildman–Crippen MR) is 109 cm³/mol. The van der Waals surface area contributed by atoms with Crippen LogP contribution in [0.4, 0.5) is 0 Å². The van der Waals surface area contributed by atoms with Crippen molar-refractivity contribution in [3.05, 3.63) is 63.6 Å². The molecule has 0 spiro atoms. The van der Waals surface area contributed by atoms with Crippen LogP contribution in [-0.2, 0) is 17.9 Å². The van der Waals surface area contributed by atoms with E-state index in [1.165, 1.54) is 0 Å². The molecular weight excluding hydrogens is 383 g/mol. The lowest BCUT2D eigenvalue weighted by Crippen LogP contribution is -2.28. The van der Waals surface area contributed by atoms with Crippen molar-refractivity contribution in [1.82, 2.24) is 10.2 Å². The summed E-state index contributed by atoms with van der Waals surface area (Å²) in [6, 6.07) is 13.4. The maximum absolute atomic E-state index is 11.6. The Labute approximate surface area is 170 Å². The smallest absolute Gasteiger partial charge is 0.222 e. The molecule has 3 rings (SSSR count). The summed E-state index contributed by atoms with van der Waals surface area (Å²) < 4.78 is 5.86. The van der Waals surface area contributed by atoms with E-state index < -0.39 is 0 Å². The fraction of sp³-hybridized carbons (Fsp3) is 0.381. The molecule has 1 aliphatic rings. The highest BCUT2D eigenvalue weighted by molar-refractivity contribution is 6.35. The van der Waals surface area contributed by atoms with Crippen molar-refractivity contribution in [2.45, 2.75) is 32.4 Å². The lowest BCUT2D eigenvalue weighted by Gasteiger charge is -2.15. The van der Waals surface area contributed by atoms with E-state index in [0.29, 0.717) is 29.0 Å². The molecule has 27 heavy (non-hydrogen) atoms. The quantitative estimate of drug-likeness (QED) is 0.614. The van der Waals surface area contributed by atoms with Gasteiger partial charge in [-0.25, -0.2) is 0 Å². The maximum Gasteiger partial charge on any atom is 0.222 e. The van der Waals surface area contributed by atoms with Crippen LogP contribution in [0.3, 0.4) is 0 Å². The highest BCUT2D eigenvalue weighted by atomic mass is 35.5. The van der Waals surface area contributed by atoms with Crippen molar-refractivity contribution in [2.24, 2.45) is 0 Å². The number of amides is 1. The molecule has 2 aromatic carbocycles. The normalized spacial score (nSPS) is 14.0. The molecule has 1 amide bonds. The van der Waals surface area contributed by atoms with Gasteiger partial charge in [0.2, 0.25) is 5.91 Å². The number of rotatable bonds is 9. The zero-order valence-corrected chi connectivity index (χ0v) is 16.7. The third kappa shape index (κ3) is 6.13. The van der Waals surface area contributed by atoms with Gasteiger partial charge in [-0.15, -0.1) is 0 Å². The van der Waals surface area contributed by atoms with Crippen LogP contribution in [0.25, 0.3) is 0 Å². The lowest BCUT2D eigenvalue weighted by atomic mass is 10.2. The minimum Gasteiger partial charge on any atom is -0.489 e. The molecule has 1 saturated heterocycles. The minimum absolute atomic E-state index is 0.292. The zero-order chi connectivity index (χ0) is 19.1. The third-order valence-corrected chi connectivity index (χ3v) is 5.18. The molecule has 0 saturated carbocycles. The summed E-state index contributed by atoms with van der Waals surface area (Å²) in [7, 11) is 0. The number of carbonyl (C=O) groups excluding carboxylic acids is 1. The second kappa shape index (κ2) is 9.98. The Hall–Kier alpha value is -1.75. The summed E-state index contributed by atoms with van der Waals surface area (Å²) in [6.07, 6.45) is 2.68. The second-order valence-electron chi connectivity index (χ2n) is 6.69. The molecule has 0 unspecified atom stereocenters. The van der Waals surface area contributed by atoms with Gasteiger partial charge >= 0.3 is 0 Å². The van der Waals surface area contributed by atoms with Crippen LogP contribution in [0.5, 0.6) is 5.75 Å². The number of carbonyl (C=O) groups is 1. The summed E-state index contributed by atoms with van der Waals surface area (Å²) >= 11 is 12.1. The second-order valence-corrected chi connectivity index (χ2v) is 7.53. The number of ether oxygens (including phenoxy) is 1. The molecule has 144 valence electrons. The van der Waals surface area contributed by atoms with Crippen molar-refractivity contribution in [3.63, 3.8) is 0 Å². The summed E-state index contributed by atoms with van der Waals surface area (Å²) in [5.41, 5.74) is 2.06. The predicted octanol–water partition coefficient (Wildman–Crippen LogP) is 4.67. The molecule has 0 bridgehead atoms. The first kappa shape index (κ1) is 20.0. The van der Waals surface area contributed by atoms with E-state index >= 15 is 0 Å². The van der Waals surface area contributed by atoms with E-state index in [1.807, 2.05) is 35.2 Å². The van der Waals surface area contributed by atoms with Crippen molar-refractivity contribution >= 4 is 29.1 Å². The van der Waals surface area contributed by atoms with Gasteiger partial charge in [-0.05, 0) is 49.2 Å². The summed E-state index contributed by atoms with van der Waals surface area (Å²) in [5.74, 6) is 1.10. The Kier molecular flexibility index (Phi) is 7.39. The van der Waals surface area contributed by atoms with E-state index in [1.54, 1.807) is 6.07 Å². The molecular formula is C21H24Cl2N2O2. The number of likely N-dealkylation sites (tertiary alicyclic amines) is 1. The van der Waals surface area contributed by atoms with Crippen LogP contribution in [0.2, 0.25) is 10.0 Å². The number of nitrogens with zero attached hydrogens (tertiary/aromatic N) is 1. The van der Waals surface area contributed by atoms with Crippen molar-refractivity contribution in [3.8, 4) is 5.75 Å². The largest absolute Gasteiger partial charge is 0.489 e. The van der Waals surface area contributed by atoms with Gasteiger partial charge in [-0.1, -0.05) is 41.4 Å². The molecule has 2 aromatic rings. The molecule has 6 heteroatoms. The van der Waals surface area contributed by atoms with E-state index in [4.69, 9.17) is 27.9 Å². The molecule has 4 nitrogen and oxygen atoms in total. The fourth-order valence-electron chi connectivity index (χ4n) is 3.11. The van der Waals surface area contributed by atoms with E-state index in [-0.39, 0.29) is 0 Å². The highest BCUT2D eigenvalue weighted by Crippen LogP contribution is 2.23.